The van der Waals surface area contributed by atoms with Gasteiger partial charge in [0, 0.05) is 38.3 Å². The summed E-state index contributed by atoms with van der Waals surface area (Å²) in [5.74, 6) is 0. The van der Waals surface area contributed by atoms with E-state index in [1.165, 1.54) is 54.4 Å². The highest BCUT2D eigenvalue weighted by Crippen LogP contribution is 2.42. The lowest BCUT2D eigenvalue weighted by Crippen LogP contribution is -1.96. The monoisotopic (exact) mass is 622 g/mol. The minimum atomic E-state index is 0.828. The molecule has 0 N–H and O–H groups in total. The zero-order chi connectivity index (χ0) is 32.1. The van der Waals surface area contributed by atoms with Crippen molar-refractivity contribution in [2.24, 2.45) is 0 Å². The number of nitrogens with zero attached hydrogens (tertiary/aromatic N) is 2. The first-order chi connectivity index (χ1) is 24.3. The SMILES string of the molecule is c1ccc2oc3cccc(-c4ccc(-n5c6cc7c(cc6c6c8ccccc8ccc65)c5ccccc5n7-c5ccccc5)cc4)c3c2c#1. The molecule has 0 spiro atoms. The molecule has 8 aromatic carbocycles. The molecule has 3 nitrogen and oxygen atoms in total. The minimum absolute atomic E-state index is 0.828. The van der Waals surface area contributed by atoms with Crippen LogP contribution in [0.4, 0.5) is 0 Å². The van der Waals surface area contributed by atoms with Crippen LogP contribution in [0.2, 0.25) is 0 Å². The third kappa shape index (κ3) is 3.69. The number of aromatic nitrogens is 2. The van der Waals surface area contributed by atoms with Crippen LogP contribution in [0.15, 0.2) is 162 Å². The Morgan fingerprint density at radius 3 is 2.10 bits per heavy atom. The first kappa shape index (κ1) is 26.3. The fraction of sp³-hybridized carbons (Fsp3) is 0. The third-order valence-corrected chi connectivity index (χ3v) is 10.2. The lowest BCUT2D eigenvalue weighted by atomic mass is 9.99. The molecule has 226 valence electrons. The van der Waals surface area contributed by atoms with E-state index in [9.17, 15) is 0 Å². The highest BCUT2D eigenvalue weighted by atomic mass is 16.3. The molecule has 11 rings (SSSR count). The Labute approximate surface area is 281 Å². The van der Waals surface area contributed by atoms with Crippen LogP contribution in [0, 0.1) is 12.1 Å². The molecule has 0 atom stereocenters. The first-order valence-electron chi connectivity index (χ1n) is 16.6. The van der Waals surface area contributed by atoms with Crippen molar-refractivity contribution in [3.8, 4) is 22.5 Å². The van der Waals surface area contributed by atoms with Crippen LogP contribution in [-0.4, -0.2) is 9.13 Å². The lowest BCUT2D eigenvalue weighted by molar-refractivity contribution is 0.669. The molecule has 0 aliphatic heterocycles. The maximum Gasteiger partial charge on any atom is 0.144 e. The zero-order valence-corrected chi connectivity index (χ0v) is 26.3. The van der Waals surface area contributed by atoms with Crippen molar-refractivity contribution in [1.29, 1.82) is 0 Å². The molecule has 0 amide bonds. The van der Waals surface area contributed by atoms with Gasteiger partial charge in [-0.05, 0) is 88.6 Å². The number of hydrogen-bond donors (Lipinski definition) is 0. The van der Waals surface area contributed by atoms with Crippen LogP contribution >= 0.6 is 0 Å². The molecule has 0 unspecified atom stereocenters. The Morgan fingerprint density at radius 2 is 1.20 bits per heavy atom. The van der Waals surface area contributed by atoms with Gasteiger partial charge in [0.2, 0.25) is 0 Å². The predicted octanol–water partition coefficient (Wildman–Crippen LogP) is 12.2. The molecule has 0 aliphatic rings. The van der Waals surface area contributed by atoms with E-state index >= 15 is 0 Å². The van der Waals surface area contributed by atoms with Crippen LogP contribution in [0.1, 0.15) is 0 Å². The summed E-state index contributed by atoms with van der Waals surface area (Å²) in [4.78, 5) is 0. The van der Waals surface area contributed by atoms with Gasteiger partial charge in [-0.15, -0.1) is 0 Å². The summed E-state index contributed by atoms with van der Waals surface area (Å²) in [7, 11) is 0. The Kier molecular flexibility index (Phi) is 5.30. The van der Waals surface area contributed by atoms with Gasteiger partial charge in [0.05, 0.1) is 27.5 Å². The second-order valence-electron chi connectivity index (χ2n) is 12.8. The molecule has 0 saturated carbocycles. The fourth-order valence-corrected chi connectivity index (χ4v) is 8.05. The van der Waals surface area contributed by atoms with E-state index in [1.807, 2.05) is 18.2 Å². The summed E-state index contributed by atoms with van der Waals surface area (Å²) < 4.78 is 11.0. The summed E-state index contributed by atoms with van der Waals surface area (Å²) in [6, 6.07) is 62.9. The number of furan rings is 1. The summed E-state index contributed by atoms with van der Waals surface area (Å²) in [6.07, 6.45) is 0. The Hall–Kier alpha value is -6.76. The van der Waals surface area contributed by atoms with Gasteiger partial charge in [0.15, 0.2) is 0 Å². The van der Waals surface area contributed by atoms with Crippen LogP contribution < -0.4 is 0 Å². The van der Waals surface area contributed by atoms with Crippen LogP contribution in [0.25, 0.3) is 98.8 Å². The average molecular weight is 623 g/mol. The topological polar surface area (TPSA) is 23.0 Å². The smallest absolute Gasteiger partial charge is 0.144 e. The molecular formula is C46H26N2O. The molecule has 0 aliphatic carbocycles. The standard InChI is InChI=1S/C46H26N2O/c1-2-12-31(13-3-1)47-39-18-8-6-15-35(39)37-27-38-42(28-41(37)47)48(40-26-23-29-11-4-5-14-33(29)45(38)40)32-24-21-30(22-25-32)34-17-10-20-44-46(34)36-16-7-9-19-43(36)49-44/h1-6,8-15,17-28H. The predicted molar refractivity (Wildman–Crippen MR) is 203 cm³/mol. The summed E-state index contributed by atoms with van der Waals surface area (Å²) in [6.45, 7) is 0. The van der Waals surface area contributed by atoms with Crippen molar-refractivity contribution >= 4 is 76.3 Å². The van der Waals surface area contributed by atoms with E-state index in [2.05, 4.69) is 161 Å². The third-order valence-electron chi connectivity index (χ3n) is 10.2. The highest BCUT2D eigenvalue weighted by molar-refractivity contribution is 6.25. The van der Waals surface area contributed by atoms with Gasteiger partial charge in [-0.25, -0.2) is 0 Å². The van der Waals surface area contributed by atoms with Crippen molar-refractivity contribution in [1.82, 2.24) is 9.13 Å². The molecule has 3 heteroatoms. The molecule has 3 aromatic heterocycles. The van der Waals surface area contributed by atoms with E-state index < -0.39 is 0 Å². The Morgan fingerprint density at radius 1 is 0.449 bits per heavy atom. The van der Waals surface area contributed by atoms with Gasteiger partial charge in [-0.2, -0.15) is 0 Å². The van der Waals surface area contributed by atoms with E-state index in [0.29, 0.717) is 0 Å². The maximum absolute atomic E-state index is 6.17. The number of hydrogen-bond acceptors (Lipinski definition) is 1. The summed E-state index contributed by atoms with van der Waals surface area (Å²) in [5, 5.41) is 9.57. The van der Waals surface area contributed by atoms with Gasteiger partial charge in [0.1, 0.15) is 11.2 Å². The summed E-state index contributed by atoms with van der Waals surface area (Å²) in [5.41, 5.74) is 11.0. The van der Waals surface area contributed by atoms with Crippen molar-refractivity contribution < 1.29 is 4.42 Å². The zero-order valence-electron chi connectivity index (χ0n) is 26.3. The quantitative estimate of drug-likeness (QED) is 0.192. The van der Waals surface area contributed by atoms with E-state index in [4.69, 9.17) is 4.42 Å². The van der Waals surface area contributed by atoms with Gasteiger partial charge in [-0.1, -0.05) is 103 Å². The van der Waals surface area contributed by atoms with Crippen LogP contribution in [0.5, 0.6) is 0 Å². The number of fused-ring (bicyclic) bond motifs is 11. The molecule has 0 bridgehead atoms. The molecule has 49 heavy (non-hydrogen) atoms. The summed E-state index contributed by atoms with van der Waals surface area (Å²) >= 11 is 0. The molecule has 3 heterocycles. The van der Waals surface area contributed by atoms with Crippen molar-refractivity contribution in [3.63, 3.8) is 0 Å². The van der Waals surface area contributed by atoms with E-state index in [0.717, 1.165) is 44.4 Å². The molecule has 0 fully saturated rings. The van der Waals surface area contributed by atoms with Gasteiger partial charge >= 0.3 is 0 Å². The van der Waals surface area contributed by atoms with Crippen LogP contribution in [0.3, 0.4) is 0 Å². The maximum atomic E-state index is 6.17. The van der Waals surface area contributed by atoms with E-state index in [-0.39, 0.29) is 0 Å². The lowest BCUT2D eigenvalue weighted by Gasteiger charge is -2.11. The van der Waals surface area contributed by atoms with E-state index in [1.54, 1.807) is 0 Å². The average Bonchev–Trinajstić information content (AvgIpc) is 3.82. The molecule has 0 saturated heterocycles. The molecule has 0 radical (unpaired) electrons. The first-order valence-corrected chi connectivity index (χ1v) is 16.6. The largest absolute Gasteiger partial charge is 0.455 e. The second kappa shape index (κ2) is 9.87. The fourth-order valence-electron chi connectivity index (χ4n) is 8.05. The van der Waals surface area contributed by atoms with Gasteiger partial charge < -0.3 is 13.6 Å². The Balaban J connectivity index is 1.21. The normalized spacial score (nSPS) is 11.9. The van der Waals surface area contributed by atoms with Crippen molar-refractivity contribution in [2.45, 2.75) is 0 Å². The number of para-hydroxylation sites is 2. The number of benzene rings is 7. The number of rotatable bonds is 3. The molecular weight excluding hydrogens is 597 g/mol. The van der Waals surface area contributed by atoms with Crippen molar-refractivity contribution in [3.05, 3.63) is 170 Å². The highest BCUT2D eigenvalue weighted by Gasteiger charge is 2.20. The van der Waals surface area contributed by atoms with Gasteiger partial charge in [0.25, 0.3) is 0 Å². The molecule has 11 aromatic rings. The second-order valence-corrected chi connectivity index (χ2v) is 12.8. The Bertz CT molecular complexity index is 3090. The minimum Gasteiger partial charge on any atom is -0.455 e. The van der Waals surface area contributed by atoms with Crippen LogP contribution in [-0.2, 0) is 0 Å². The van der Waals surface area contributed by atoms with Gasteiger partial charge in [-0.3, -0.25) is 0 Å². The van der Waals surface area contributed by atoms with Crippen molar-refractivity contribution in [2.75, 3.05) is 0 Å².